The third-order valence-electron chi connectivity index (χ3n) is 3.62. The topological polar surface area (TPSA) is 131 Å². The highest BCUT2D eigenvalue weighted by Crippen LogP contribution is 2.42. The molecule has 0 radical (unpaired) electrons. The summed E-state index contributed by atoms with van der Waals surface area (Å²) in [6.45, 7) is 0.823. The van der Waals surface area contributed by atoms with Crippen LogP contribution >= 0.6 is 0 Å². The number of aliphatic hydroxyl groups is 3. The van der Waals surface area contributed by atoms with Crippen molar-refractivity contribution in [3.8, 4) is 0 Å². The zero-order valence-electron chi connectivity index (χ0n) is 10.4. The molecule has 1 aliphatic heterocycles. The van der Waals surface area contributed by atoms with Gasteiger partial charge in [-0.2, -0.15) is 4.98 Å². The summed E-state index contributed by atoms with van der Waals surface area (Å²) in [5.74, 6) is 0.0670. The molecule has 1 aromatic rings. The monoisotopic (exact) mass is 271 g/mol. The van der Waals surface area contributed by atoms with E-state index in [9.17, 15) is 20.1 Å². The number of ether oxygens (including phenoxy) is 1. The molecule has 0 aromatic carbocycles. The van der Waals surface area contributed by atoms with Crippen LogP contribution in [0.5, 0.6) is 0 Å². The summed E-state index contributed by atoms with van der Waals surface area (Å²) in [5, 5.41) is 28.9. The van der Waals surface area contributed by atoms with Gasteiger partial charge in [0.2, 0.25) is 0 Å². The van der Waals surface area contributed by atoms with Crippen molar-refractivity contribution in [1.29, 1.82) is 0 Å². The average molecular weight is 271 g/mol. The lowest BCUT2D eigenvalue weighted by molar-refractivity contribution is -0.0571. The van der Waals surface area contributed by atoms with Crippen molar-refractivity contribution in [3.63, 3.8) is 0 Å². The van der Waals surface area contributed by atoms with Crippen molar-refractivity contribution in [2.75, 3.05) is 18.9 Å². The Bertz CT molecular complexity index is 519. The average Bonchev–Trinajstić information content (AvgIpc) is 2.63. The second-order valence-electron chi connectivity index (χ2n) is 4.85. The second-order valence-corrected chi connectivity index (χ2v) is 4.85. The van der Waals surface area contributed by atoms with Crippen LogP contribution in [0, 0.1) is 5.41 Å². The van der Waals surface area contributed by atoms with E-state index < -0.39 is 29.5 Å². The summed E-state index contributed by atoms with van der Waals surface area (Å²) in [4.78, 5) is 15.3. The largest absolute Gasteiger partial charge is 0.396 e. The molecule has 2 heterocycles. The molecule has 8 nitrogen and oxygen atoms in total. The molecule has 1 saturated heterocycles. The Labute approximate surface area is 109 Å². The van der Waals surface area contributed by atoms with E-state index in [0.29, 0.717) is 0 Å². The highest BCUT2D eigenvalue weighted by atomic mass is 16.5. The van der Waals surface area contributed by atoms with Gasteiger partial charge < -0.3 is 25.8 Å². The predicted molar refractivity (Wildman–Crippen MR) is 65.1 cm³/mol. The maximum Gasteiger partial charge on any atom is 0.351 e. The third kappa shape index (κ3) is 2.12. The molecular formula is C11H17N3O5. The number of anilines is 1. The Morgan fingerprint density at radius 2 is 2.26 bits per heavy atom. The van der Waals surface area contributed by atoms with Crippen LogP contribution in [0.15, 0.2) is 17.1 Å². The molecule has 0 aliphatic carbocycles. The van der Waals surface area contributed by atoms with Gasteiger partial charge in [0.1, 0.15) is 11.9 Å². The number of nitrogens with two attached hydrogens (primary N) is 1. The number of nitrogen functional groups attached to an aromatic ring is 1. The number of hydrogen-bond donors (Lipinski definition) is 4. The fraction of sp³-hybridized carbons (Fsp3) is 0.636. The summed E-state index contributed by atoms with van der Waals surface area (Å²) >= 11 is 0. The molecule has 1 fully saturated rings. The van der Waals surface area contributed by atoms with E-state index in [2.05, 4.69) is 4.98 Å². The quantitative estimate of drug-likeness (QED) is 0.503. The van der Waals surface area contributed by atoms with Crippen LogP contribution in [0.4, 0.5) is 5.82 Å². The van der Waals surface area contributed by atoms with Gasteiger partial charge in [-0.3, -0.25) is 4.57 Å². The van der Waals surface area contributed by atoms with Gasteiger partial charge in [-0.15, -0.1) is 0 Å². The van der Waals surface area contributed by atoms with Crippen molar-refractivity contribution < 1.29 is 20.1 Å². The number of hydrogen-bond acceptors (Lipinski definition) is 7. The van der Waals surface area contributed by atoms with Gasteiger partial charge >= 0.3 is 5.69 Å². The van der Waals surface area contributed by atoms with Gasteiger partial charge in [-0.05, 0) is 6.07 Å². The summed E-state index contributed by atoms with van der Waals surface area (Å²) in [6.07, 6.45) is -1.59. The molecule has 19 heavy (non-hydrogen) atoms. The molecule has 0 saturated carbocycles. The first-order valence-electron chi connectivity index (χ1n) is 5.84. The highest BCUT2D eigenvalue weighted by Gasteiger charge is 2.53. The van der Waals surface area contributed by atoms with Gasteiger partial charge in [-0.25, -0.2) is 4.79 Å². The lowest BCUT2D eigenvalue weighted by Gasteiger charge is -2.29. The first-order valence-corrected chi connectivity index (χ1v) is 5.84. The molecule has 0 bridgehead atoms. The second kappa shape index (κ2) is 4.89. The number of rotatable bonds is 3. The minimum absolute atomic E-state index is 0.0670. The summed E-state index contributed by atoms with van der Waals surface area (Å²) in [5.41, 5.74) is 3.67. The van der Waals surface area contributed by atoms with Crippen LogP contribution in [-0.4, -0.2) is 50.3 Å². The molecular weight excluding hydrogens is 254 g/mol. The van der Waals surface area contributed by atoms with Gasteiger partial charge in [0.05, 0.1) is 19.3 Å². The molecule has 5 N–H and O–H groups in total. The van der Waals surface area contributed by atoms with Gasteiger partial charge in [-0.1, -0.05) is 6.92 Å². The highest BCUT2D eigenvalue weighted by molar-refractivity contribution is 5.23. The Kier molecular flexibility index (Phi) is 3.59. The van der Waals surface area contributed by atoms with Crippen molar-refractivity contribution >= 4 is 5.82 Å². The van der Waals surface area contributed by atoms with Gasteiger partial charge in [0, 0.05) is 11.6 Å². The molecule has 4 atom stereocenters. The smallest absolute Gasteiger partial charge is 0.351 e. The minimum Gasteiger partial charge on any atom is -0.396 e. The van der Waals surface area contributed by atoms with E-state index in [1.807, 2.05) is 0 Å². The van der Waals surface area contributed by atoms with Crippen molar-refractivity contribution in [2.45, 2.75) is 25.4 Å². The molecule has 0 amide bonds. The summed E-state index contributed by atoms with van der Waals surface area (Å²) in [7, 11) is 0. The number of aliphatic hydroxyl groups excluding tert-OH is 3. The third-order valence-corrected chi connectivity index (χ3v) is 3.62. The van der Waals surface area contributed by atoms with Crippen LogP contribution in [0.25, 0.3) is 0 Å². The summed E-state index contributed by atoms with van der Waals surface area (Å²) in [6, 6.07) is 1.40. The van der Waals surface area contributed by atoms with E-state index in [0.717, 1.165) is 4.57 Å². The maximum atomic E-state index is 11.7. The van der Waals surface area contributed by atoms with E-state index in [1.54, 1.807) is 6.92 Å². The van der Waals surface area contributed by atoms with Crippen molar-refractivity contribution in [3.05, 3.63) is 22.7 Å². The maximum absolute atomic E-state index is 11.7. The Balaban J connectivity index is 2.39. The van der Waals surface area contributed by atoms with E-state index in [1.165, 1.54) is 12.3 Å². The molecule has 0 spiro atoms. The Morgan fingerprint density at radius 3 is 2.74 bits per heavy atom. The lowest BCUT2D eigenvalue weighted by Crippen LogP contribution is -2.43. The fourth-order valence-electron chi connectivity index (χ4n) is 2.20. The SMILES string of the molecule is C[C@]1(CO)C(O)[C@H](n2ccc(N)nc2=O)O[C@@H]1CO. The summed E-state index contributed by atoms with van der Waals surface area (Å²) < 4.78 is 6.55. The first-order chi connectivity index (χ1) is 8.93. The van der Waals surface area contributed by atoms with Gasteiger partial charge in [0.25, 0.3) is 0 Å². The van der Waals surface area contributed by atoms with Crippen LogP contribution in [0.2, 0.25) is 0 Å². The zero-order chi connectivity index (χ0) is 14.2. The zero-order valence-corrected chi connectivity index (χ0v) is 10.4. The molecule has 106 valence electrons. The molecule has 2 rings (SSSR count). The Morgan fingerprint density at radius 1 is 1.58 bits per heavy atom. The molecule has 1 aliphatic rings. The van der Waals surface area contributed by atoms with Crippen LogP contribution in [0.3, 0.4) is 0 Å². The standard InChI is InChI=1S/C11H17N3O5/c1-11(5-16)6(4-15)19-9(8(11)17)14-3-2-7(12)13-10(14)18/h2-3,6,8-9,15-17H,4-5H2,1H3,(H2,12,13,18)/t6-,8?,9-,11-/m1/s1. The van der Waals surface area contributed by atoms with E-state index in [-0.39, 0.29) is 19.0 Å². The lowest BCUT2D eigenvalue weighted by atomic mass is 9.81. The molecule has 1 aromatic heterocycles. The predicted octanol–water partition coefficient (Wildman–Crippen LogP) is -1.93. The first kappa shape index (κ1) is 13.9. The number of nitrogens with zero attached hydrogens (tertiary/aromatic N) is 2. The Hall–Kier alpha value is -1.48. The van der Waals surface area contributed by atoms with Crippen LogP contribution < -0.4 is 11.4 Å². The van der Waals surface area contributed by atoms with E-state index in [4.69, 9.17) is 10.5 Å². The fourth-order valence-corrected chi connectivity index (χ4v) is 2.20. The number of aromatic nitrogens is 2. The minimum atomic E-state index is -1.15. The van der Waals surface area contributed by atoms with E-state index >= 15 is 0 Å². The van der Waals surface area contributed by atoms with Gasteiger partial charge in [0.15, 0.2) is 6.23 Å². The molecule has 1 unspecified atom stereocenters. The van der Waals surface area contributed by atoms with Crippen molar-refractivity contribution in [1.82, 2.24) is 9.55 Å². The van der Waals surface area contributed by atoms with Crippen LogP contribution in [0.1, 0.15) is 13.2 Å². The molecule has 8 heteroatoms. The van der Waals surface area contributed by atoms with Crippen LogP contribution in [-0.2, 0) is 4.74 Å². The normalized spacial score (nSPS) is 34.6. The van der Waals surface area contributed by atoms with Crippen molar-refractivity contribution in [2.24, 2.45) is 5.41 Å².